The van der Waals surface area contributed by atoms with E-state index in [0.29, 0.717) is 18.6 Å². The molecule has 24 heavy (non-hydrogen) atoms. The van der Waals surface area contributed by atoms with Crippen LogP contribution in [0.3, 0.4) is 0 Å². The minimum absolute atomic E-state index is 0.176. The number of benzene rings is 1. The highest BCUT2D eigenvalue weighted by Gasteiger charge is 2.71. The summed E-state index contributed by atoms with van der Waals surface area (Å²) in [5.41, 5.74) is 1.04. The molecule has 2 bridgehead atoms. The second-order valence-electron chi connectivity index (χ2n) is 8.08. The van der Waals surface area contributed by atoms with Crippen LogP contribution < -0.4 is 9.47 Å². The summed E-state index contributed by atoms with van der Waals surface area (Å²) < 4.78 is 11.8. The maximum atomic E-state index is 11.9. The van der Waals surface area contributed by atoms with Crippen LogP contribution in [-0.2, 0) is 11.8 Å². The summed E-state index contributed by atoms with van der Waals surface area (Å²) >= 11 is 0. The van der Waals surface area contributed by atoms with Crippen LogP contribution in [0.2, 0.25) is 0 Å². The minimum atomic E-state index is -0.813. The Hall–Kier alpha value is -1.30. The zero-order valence-corrected chi connectivity index (χ0v) is 14.3. The van der Waals surface area contributed by atoms with Crippen LogP contribution in [0.5, 0.6) is 11.5 Å². The lowest BCUT2D eigenvalue weighted by atomic mass is 9.49. The lowest BCUT2D eigenvalue weighted by Gasteiger charge is -2.57. The van der Waals surface area contributed by atoms with E-state index in [9.17, 15) is 10.2 Å². The SMILES string of the molecule is COc1ccc2c3c1OC1C(O)CCC4(O)C(C2)CN(C)CCC314. The smallest absolute Gasteiger partial charge is 0.166 e. The van der Waals surface area contributed by atoms with Crippen LogP contribution in [0.25, 0.3) is 0 Å². The van der Waals surface area contributed by atoms with Gasteiger partial charge in [-0.3, -0.25) is 0 Å². The molecule has 2 heterocycles. The van der Waals surface area contributed by atoms with Gasteiger partial charge in [0, 0.05) is 18.0 Å². The first-order valence-corrected chi connectivity index (χ1v) is 8.97. The van der Waals surface area contributed by atoms with Crippen LogP contribution in [0.4, 0.5) is 0 Å². The van der Waals surface area contributed by atoms with Crippen LogP contribution in [0.15, 0.2) is 12.1 Å². The van der Waals surface area contributed by atoms with Crippen molar-refractivity contribution in [1.82, 2.24) is 4.90 Å². The Morgan fingerprint density at radius 2 is 2.17 bits per heavy atom. The number of nitrogens with zero attached hydrogens (tertiary/aromatic N) is 1. The van der Waals surface area contributed by atoms with Crippen molar-refractivity contribution in [2.75, 3.05) is 27.2 Å². The van der Waals surface area contributed by atoms with Gasteiger partial charge in [-0.2, -0.15) is 0 Å². The van der Waals surface area contributed by atoms with Gasteiger partial charge in [0.25, 0.3) is 0 Å². The quantitative estimate of drug-likeness (QED) is 0.807. The largest absolute Gasteiger partial charge is 0.493 e. The molecule has 2 aliphatic carbocycles. The van der Waals surface area contributed by atoms with Gasteiger partial charge in [0.15, 0.2) is 11.5 Å². The van der Waals surface area contributed by atoms with E-state index in [1.54, 1.807) is 7.11 Å². The van der Waals surface area contributed by atoms with Crippen LogP contribution >= 0.6 is 0 Å². The summed E-state index contributed by atoms with van der Waals surface area (Å²) in [6, 6.07) is 4.10. The third kappa shape index (κ3) is 1.52. The van der Waals surface area contributed by atoms with Gasteiger partial charge in [-0.05, 0) is 50.9 Å². The van der Waals surface area contributed by atoms with Crippen molar-refractivity contribution < 1.29 is 19.7 Å². The zero-order chi connectivity index (χ0) is 16.7. The van der Waals surface area contributed by atoms with Gasteiger partial charge in [0.05, 0.1) is 24.2 Å². The van der Waals surface area contributed by atoms with Gasteiger partial charge in [0.2, 0.25) is 0 Å². The molecule has 5 atom stereocenters. The molecule has 1 spiro atoms. The number of hydrogen-bond acceptors (Lipinski definition) is 5. The summed E-state index contributed by atoms with van der Waals surface area (Å²) in [4.78, 5) is 2.32. The Kier molecular flexibility index (Phi) is 2.91. The van der Waals surface area contributed by atoms with E-state index in [4.69, 9.17) is 9.47 Å². The molecule has 2 N–H and O–H groups in total. The fourth-order valence-corrected chi connectivity index (χ4v) is 6.06. The number of rotatable bonds is 1. The molecule has 2 fully saturated rings. The Labute approximate surface area is 142 Å². The predicted octanol–water partition coefficient (Wildman–Crippen LogP) is 1.09. The van der Waals surface area contributed by atoms with Crippen molar-refractivity contribution in [3.8, 4) is 11.5 Å². The van der Waals surface area contributed by atoms with E-state index in [0.717, 1.165) is 37.2 Å². The second-order valence-corrected chi connectivity index (χ2v) is 8.08. The highest BCUT2D eigenvalue weighted by atomic mass is 16.5. The number of aliphatic hydroxyl groups is 2. The van der Waals surface area contributed by atoms with Gasteiger partial charge in [-0.1, -0.05) is 6.07 Å². The molecule has 5 rings (SSSR count). The molecular weight excluding hydrogens is 306 g/mol. The molecule has 4 aliphatic rings. The fourth-order valence-electron chi connectivity index (χ4n) is 6.06. The summed E-state index contributed by atoms with van der Waals surface area (Å²) in [5.74, 6) is 1.64. The molecule has 5 unspecified atom stereocenters. The molecule has 1 aromatic carbocycles. The van der Waals surface area contributed by atoms with E-state index in [2.05, 4.69) is 18.0 Å². The van der Waals surface area contributed by atoms with Crippen molar-refractivity contribution in [3.63, 3.8) is 0 Å². The van der Waals surface area contributed by atoms with Crippen molar-refractivity contribution in [2.24, 2.45) is 5.92 Å². The summed E-state index contributed by atoms with van der Waals surface area (Å²) in [5, 5.41) is 22.7. The van der Waals surface area contributed by atoms with Crippen LogP contribution in [0.1, 0.15) is 30.4 Å². The molecule has 1 aromatic rings. The number of likely N-dealkylation sites (tertiary alicyclic amines) is 1. The molecule has 0 amide bonds. The standard InChI is InChI=1S/C19H25NO4/c1-20-8-7-18-15-11-3-4-14(23-2)16(15)24-17(18)13(21)5-6-19(18,22)12(9-11)10-20/h3-4,12-13,17,21-22H,5-10H2,1-2H3. The Balaban J connectivity index is 1.83. The monoisotopic (exact) mass is 331 g/mol. The van der Waals surface area contributed by atoms with Crippen LogP contribution in [0, 0.1) is 5.92 Å². The Bertz CT molecular complexity index is 707. The van der Waals surface area contributed by atoms with Gasteiger partial charge in [-0.15, -0.1) is 0 Å². The zero-order valence-electron chi connectivity index (χ0n) is 14.3. The molecule has 0 radical (unpaired) electrons. The highest BCUT2D eigenvalue weighted by Crippen LogP contribution is 2.65. The average Bonchev–Trinajstić information content (AvgIpc) is 2.91. The maximum absolute atomic E-state index is 11.9. The van der Waals surface area contributed by atoms with Crippen molar-refractivity contribution in [3.05, 3.63) is 23.3 Å². The Morgan fingerprint density at radius 3 is 2.96 bits per heavy atom. The molecule has 130 valence electrons. The first-order chi connectivity index (χ1) is 11.5. The lowest BCUT2D eigenvalue weighted by molar-refractivity contribution is -0.174. The van der Waals surface area contributed by atoms with Crippen LogP contribution in [-0.4, -0.2) is 60.2 Å². The average molecular weight is 331 g/mol. The molecule has 2 aliphatic heterocycles. The number of hydrogen-bond donors (Lipinski definition) is 2. The van der Waals surface area contributed by atoms with Crippen molar-refractivity contribution in [2.45, 2.75) is 48.9 Å². The Morgan fingerprint density at radius 1 is 1.33 bits per heavy atom. The molecule has 1 saturated carbocycles. The van der Waals surface area contributed by atoms with Gasteiger partial charge in [-0.25, -0.2) is 0 Å². The fraction of sp³-hybridized carbons (Fsp3) is 0.684. The summed E-state index contributed by atoms with van der Waals surface area (Å²) in [6.45, 7) is 1.79. The molecule has 5 nitrogen and oxygen atoms in total. The minimum Gasteiger partial charge on any atom is -0.493 e. The summed E-state index contributed by atoms with van der Waals surface area (Å²) in [7, 11) is 3.78. The second kappa shape index (κ2) is 4.65. The van der Waals surface area contributed by atoms with Crippen molar-refractivity contribution >= 4 is 0 Å². The maximum Gasteiger partial charge on any atom is 0.166 e. The third-order valence-electron chi connectivity index (χ3n) is 7.11. The van der Waals surface area contributed by atoms with Gasteiger partial charge < -0.3 is 24.6 Å². The van der Waals surface area contributed by atoms with Crippen molar-refractivity contribution in [1.29, 1.82) is 0 Å². The topological polar surface area (TPSA) is 62.2 Å². The third-order valence-corrected chi connectivity index (χ3v) is 7.11. The number of ether oxygens (including phenoxy) is 2. The highest BCUT2D eigenvalue weighted by molar-refractivity contribution is 5.62. The number of methoxy groups -OCH3 is 1. The summed E-state index contributed by atoms with van der Waals surface area (Å²) in [6.07, 6.45) is 1.98. The van der Waals surface area contributed by atoms with E-state index >= 15 is 0 Å². The number of aliphatic hydroxyl groups excluding tert-OH is 1. The first kappa shape index (κ1) is 15.0. The van der Waals surface area contributed by atoms with Gasteiger partial charge in [0.1, 0.15) is 6.10 Å². The van der Waals surface area contributed by atoms with Gasteiger partial charge >= 0.3 is 0 Å². The van der Waals surface area contributed by atoms with E-state index in [1.165, 1.54) is 5.56 Å². The normalized spacial score (nSPS) is 42.9. The molecular formula is C19H25NO4. The first-order valence-electron chi connectivity index (χ1n) is 8.97. The lowest BCUT2D eigenvalue weighted by Crippen LogP contribution is -2.69. The molecule has 0 aromatic heterocycles. The van der Waals surface area contributed by atoms with E-state index in [-0.39, 0.29) is 12.0 Å². The molecule has 5 heteroatoms. The predicted molar refractivity (Wildman–Crippen MR) is 88.6 cm³/mol. The molecule has 1 saturated heterocycles. The van der Waals surface area contributed by atoms with E-state index < -0.39 is 17.1 Å². The van der Waals surface area contributed by atoms with E-state index in [1.807, 2.05) is 6.07 Å².